The van der Waals surface area contributed by atoms with Crippen molar-refractivity contribution in [3.05, 3.63) is 117 Å². The lowest BCUT2D eigenvalue weighted by Gasteiger charge is -2.24. The SMILES string of the molecule is CCc1ccc2[nH]c(=O)c(CN(Cc3ccc(C(C)(C)C)cc3)Cc3ccc(F)c(F)c3)cc2c1. The Balaban J connectivity index is 1.66. The Morgan fingerprint density at radius 1 is 0.771 bits per heavy atom. The van der Waals surface area contributed by atoms with Crippen molar-refractivity contribution in [1.29, 1.82) is 0 Å². The van der Waals surface area contributed by atoms with E-state index in [-0.39, 0.29) is 11.0 Å². The van der Waals surface area contributed by atoms with Crippen molar-refractivity contribution in [2.45, 2.75) is 59.2 Å². The lowest BCUT2D eigenvalue weighted by atomic mass is 9.87. The molecule has 5 heteroatoms. The zero-order valence-electron chi connectivity index (χ0n) is 20.8. The molecule has 0 fully saturated rings. The van der Waals surface area contributed by atoms with Crippen LogP contribution in [0.4, 0.5) is 8.78 Å². The summed E-state index contributed by atoms with van der Waals surface area (Å²) in [5, 5.41) is 0.987. The molecule has 1 heterocycles. The number of hydrogen-bond donors (Lipinski definition) is 1. The standard InChI is InChI=1S/C30H32F2N2O/c1-5-20-9-13-28-23(14-20)16-24(29(35)33-28)19-34(18-22-8-12-26(31)27(32)15-22)17-21-6-10-25(11-7-21)30(2,3)4/h6-16H,5,17-19H2,1-4H3,(H,33,35). The molecule has 0 spiro atoms. The molecule has 0 aliphatic carbocycles. The minimum Gasteiger partial charge on any atom is -0.322 e. The van der Waals surface area contributed by atoms with Crippen molar-refractivity contribution in [1.82, 2.24) is 9.88 Å². The minimum absolute atomic E-state index is 0.0551. The van der Waals surface area contributed by atoms with Crippen LogP contribution in [0.15, 0.2) is 71.5 Å². The van der Waals surface area contributed by atoms with E-state index in [0.717, 1.165) is 29.0 Å². The molecule has 0 bridgehead atoms. The molecule has 182 valence electrons. The van der Waals surface area contributed by atoms with Crippen LogP contribution in [-0.2, 0) is 31.5 Å². The van der Waals surface area contributed by atoms with Crippen LogP contribution in [0, 0.1) is 11.6 Å². The predicted molar refractivity (Wildman–Crippen MR) is 138 cm³/mol. The van der Waals surface area contributed by atoms with Crippen molar-refractivity contribution >= 4 is 10.9 Å². The molecule has 3 aromatic carbocycles. The third kappa shape index (κ3) is 6.04. The van der Waals surface area contributed by atoms with Gasteiger partial charge in [0.25, 0.3) is 5.56 Å². The Morgan fingerprint density at radius 3 is 2.09 bits per heavy atom. The summed E-state index contributed by atoms with van der Waals surface area (Å²) >= 11 is 0. The number of pyridine rings is 1. The number of benzene rings is 3. The molecule has 1 N–H and O–H groups in total. The van der Waals surface area contributed by atoms with Gasteiger partial charge in [-0.3, -0.25) is 9.69 Å². The van der Waals surface area contributed by atoms with E-state index >= 15 is 0 Å². The third-order valence-electron chi connectivity index (χ3n) is 6.40. The number of aryl methyl sites for hydroxylation is 1. The van der Waals surface area contributed by atoms with Gasteiger partial charge < -0.3 is 4.98 Å². The van der Waals surface area contributed by atoms with Crippen LogP contribution in [0.1, 0.15) is 55.5 Å². The Kier molecular flexibility index (Phi) is 7.18. The van der Waals surface area contributed by atoms with E-state index in [4.69, 9.17) is 0 Å². The molecular weight excluding hydrogens is 442 g/mol. The zero-order valence-corrected chi connectivity index (χ0v) is 20.8. The first kappa shape index (κ1) is 24.8. The van der Waals surface area contributed by atoms with Crippen LogP contribution in [0.25, 0.3) is 10.9 Å². The largest absolute Gasteiger partial charge is 0.322 e. The number of hydrogen-bond acceptors (Lipinski definition) is 2. The van der Waals surface area contributed by atoms with E-state index in [9.17, 15) is 13.6 Å². The highest BCUT2D eigenvalue weighted by molar-refractivity contribution is 5.79. The van der Waals surface area contributed by atoms with Gasteiger partial charge in [0, 0.05) is 30.7 Å². The van der Waals surface area contributed by atoms with E-state index in [1.165, 1.54) is 17.2 Å². The van der Waals surface area contributed by atoms with Crippen LogP contribution in [0.3, 0.4) is 0 Å². The van der Waals surface area contributed by atoms with Crippen LogP contribution in [0.5, 0.6) is 0 Å². The van der Waals surface area contributed by atoms with Crippen molar-refractivity contribution in [2.75, 3.05) is 0 Å². The van der Waals surface area contributed by atoms with Gasteiger partial charge in [-0.05, 0) is 69.8 Å². The van der Waals surface area contributed by atoms with Crippen molar-refractivity contribution in [2.24, 2.45) is 0 Å². The highest BCUT2D eigenvalue weighted by Crippen LogP contribution is 2.23. The minimum atomic E-state index is -0.868. The monoisotopic (exact) mass is 474 g/mol. The van der Waals surface area contributed by atoms with Crippen molar-refractivity contribution in [3.8, 4) is 0 Å². The van der Waals surface area contributed by atoms with E-state index in [0.29, 0.717) is 30.8 Å². The fourth-order valence-electron chi connectivity index (χ4n) is 4.31. The number of H-pyrrole nitrogens is 1. The highest BCUT2D eigenvalue weighted by Gasteiger charge is 2.16. The lowest BCUT2D eigenvalue weighted by Crippen LogP contribution is -2.26. The van der Waals surface area contributed by atoms with Gasteiger partial charge in [0.05, 0.1) is 0 Å². The van der Waals surface area contributed by atoms with Crippen molar-refractivity contribution in [3.63, 3.8) is 0 Å². The van der Waals surface area contributed by atoms with E-state index in [2.05, 4.69) is 67.9 Å². The number of rotatable bonds is 7. The first-order valence-corrected chi connectivity index (χ1v) is 12.0. The molecule has 0 atom stereocenters. The second kappa shape index (κ2) is 10.1. The van der Waals surface area contributed by atoms with E-state index in [1.807, 2.05) is 18.2 Å². The summed E-state index contributed by atoms with van der Waals surface area (Å²) in [4.78, 5) is 18.0. The van der Waals surface area contributed by atoms with Gasteiger partial charge in [0.2, 0.25) is 0 Å². The smallest absolute Gasteiger partial charge is 0.252 e. The maximum absolute atomic E-state index is 13.9. The maximum Gasteiger partial charge on any atom is 0.252 e. The second-order valence-electron chi connectivity index (χ2n) is 10.2. The van der Waals surface area contributed by atoms with Gasteiger partial charge in [-0.2, -0.15) is 0 Å². The summed E-state index contributed by atoms with van der Waals surface area (Å²) in [7, 11) is 0. The van der Waals surface area contributed by atoms with Crippen LogP contribution in [-0.4, -0.2) is 9.88 Å². The van der Waals surface area contributed by atoms with Gasteiger partial charge in [-0.15, -0.1) is 0 Å². The normalized spacial score (nSPS) is 12.0. The van der Waals surface area contributed by atoms with Crippen molar-refractivity contribution < 1.29 is 8.78 Å². The fourth-order valence-corrected chi connectivity index (χ4v) is 4.31. The highest BCUT2D eigenvalue weighted by atomic mass is 19.2. The summed E-state index contributed by atoms with van der Waals surface area (Å²) in [5.74, 6) is -1.73. The first-order valence-electron chi connectivity index (χ1n) is 12.0. The van der Waals surface area contributed by atoms with Gasteiger partial charge >= 0.3 is 0 Å². The lowest BCUT2D eigenvalue weighted by molar-refractivity contribution is 0.246. The zero-order chi connectivity index (χ0) is 25.2. The Labute approximate surface area is 205 Å². The molecule has 3 nitrogen and oxygen atoms in total. The summed E-state index contributed by atoms with van der Waals surface area (Å²) in [6, 6.07) is 20.4. The summed E-state index contributed by atoms with van der Waals surface area (Å²) in [6.45, 7) is 9.94. The molecule has 35 heavy (non-hydrogen) atoms. The molecule has 0 unspecified atom stereocenters. The first-order chi connectivity index (χ1) is 16.6. The number of aromatic amines is 1. The van der Waals surface area contributed by atoms with Gasteiger partial charge in [-0.1, -0.05) is 64.1 Å². The molecule has 4 aromatic rings. The predicted octanol–water partition coefficient (Wildman–Crippen LogP) is 6.87. The molecule has 0 amide bonds. The molecule has 1 aromatic heterocycles. The number of aromatic nitrogens is 1. The molecule has 0 aliphatic heterocycles. The molecular formula is C30H32F2N2O. The molecule has 0 aliphatic rings. The second-order valence-corrected chi connectivity index (χ2v) is 10.2. The maximum atomic E-state index is 13.9. The van der Waals surface area contributed by atoms with Gasteiger partial charge in [0.15, 0.2) is 11.6 Å². The number of nitrogens with zero attached hydrogens (tertiary/aromatic N) is 1. The Bertz CT molecular complexity index is 1380. The Morgan fingerprint density at radius 2 is 1.43 bits per heavy atom. The van der Waals surface area contributed by atoms with Crippen LogP contribution in [0.2, 0.25) is 0 Å². The fraction of sp³-hybridized carbons (Fsp3) is 0.300. The Hall–Kier alpha value is -3.31. The van der Waals surface area contributed by atoms with E-state index < -0.39 is 11.6 Å². The van der Waals surface area contributed by atoms with Crippen LogP contribution < -0.4 is 5.56 Å². The number of halogens is 2. The molecule has 0 saturated carbocycles. The van der Waals surface area contributed by atoms with Crippen LogP contribution >= 0.6 is 0 Å². The third-order valence-corrected chi connectivity index (χ3v) is 6.40. The summed E-state index contributed by atoms with van der Waals surface area (Å²) < 4.78 is 27.4. The van der Waals surface area contributed by atoms with Gasteiger partial charge in [0.1, 0.15) is 0 Å². The summed E-state index contributed by atoms with van der Waals surface area (Å²) in [6.07, 6.45) is 0.914. The average molecular weight is 475 g/mol. The molecule has 0 saturated heterocycles. The number of nitrogens with one attached hydrogen (secondary N) is 1. The summed E-state index contributed by atoms with van der Waals surface area (Å²) in [5.41, 5.74) is 5.55. The molecule has 0 radical (unpaired) electrons. The average Bonchev–Trinajstić information content (AvgIpc) is 2.81. The topological polar surface area (TPSA) is 36.1 Å². The van der Waals surface area contributed by atoms with Gasteiger partial charge in [-0.25, -0.2) is 8.78 Å². The molecule has 4 rings (SSSR count). The van der Waals surface area contributed by atoms with E-state index in [1.54, 1.807) is 6.07 Å². The quantitative estimate of drug-likeness (QED) is 0.317. The number of fused-ring (bicyclic) bond motifs is 1.